The van der Waals surface area contributed by atoms with Crippen LogP contribution in [0, 0.1) is 21.7 Å². The first-order valence-electron chi connectivity index (χ1n) is 25.3. The highest BCUT2D eigenvalue weighted by Crippen LogP contribution is 2.67. The molecule has 0 atom stereocenters. The lowest BCUT2D eigenvalue weighted by Gasteiger charge is -2.39. The number of alkyl halides is 6. The predicted octanol–water partition coefficient (Wildman–Crippen LogP) is 13.4. The first-order valence-corrected chi connectivity index (χ1v) is 30.2. The number of halogens is 6. The van der Waals surface area contributed by atoms with E-state index in [1.165, 1.54) is 36.4 Å². The van der Waals surface area contributed by atoms with Crippen LogP contribution in [0.4, 0.5) is 26.3 Å². The van der Waals surface area contributed by atoms with Gasteiger partial charge in [-0.25, -0.2) is 0 Å². The molecule has 4 fully saturated rings. The SMILES string of the molecule is CC1(C)COC(O)(c2ccc(CCc3sc(-c4ccc(C5(O)OCC(C)(C)CO5)s4)cc3C3=C(c4cc(-c5ccc(C6(O)OCC(C)(C)CO6)s5)sc4-c4ccc(C5(O)OCC(C)(C)CO5)s4)C(F)(F)C(F)(F)C3(F)F)s2)OC1. The van der Waals surface area contributed by atoms with Gasteiger partial charge < -0.3 is 58.3 Å². The van der Waals surface area contributed by atoms with Crippen molar-refractivity contribution in [3.63, 3.8) is 0 Å². The molecule has 1 aliphatic carbocycles. The molecule has 428 valence electrons. The van der Waals surface area contributed by atoms with Crippen molar-refractivity contribution in [1.29, 1.82) is 0 Å². The third-order valence-electron chi connectivity index (χ3n) is 14.0. The second-order valence-corrected chi connectivity index (χ2v) is 30.4. The Balaban J connectivity index is 1.06. The molecule has 4 N–H and O–H groups in total. The van der Waals surface area contributed by atoms with Gasteiger partial charge in [-0.2, -0.15) is 26.3 Å². The van der Waals surface area contributed by atoms with Crippen molar-refractivity contribution >= 4 is 79.2 Å². The van der Waals surface area contributed by atoms with Gasteiger partial charge in [0, 0.05) is 72.5 Å². The van der Waals surface area contributed by atoms with Crippen LogP contribution in [-0.2, 0) is 74.6 Å². The first-order chi connectivity index (χ1) is 36.7. The summed E-state index contributed by atoms with van der Waals surface area (Å²) in [5, 5.41) is 45.9. The fourth-order valence-corrected chi connectivity index (χ4v) is 16.0. The zero-order valence-corrected chi connectivity index (χ0v) is 49.0. The number of rotatable bonds is 12. The van der Waals surface area contributed by atoms with Crippen molar-refractivity contribution < 1.29 is 84.7 Å². The van der Waals surface area contributed by atoms with Gasteiger partial charge in [-0.15, -0.1) is 68.0 Å². The van der Waals surface area contributed by atoms with Crippen molar-refractivity contribution in [2.75, 3.05) is 52.9 Å². The molecule has 0 amide bonds. The molecule has 11 rings (SSSR count). The summed E-state index contributed by atoms with van der Waals surface area (Å²) in [6, 6.07) is 14.7. The average Bonchev–Trinajstić information content (AvgIpc) is 3.55. The largest absolute Gasteiger partial charge is 0.380 e. The zero-order chi connectivity index (χ0) is 56.8. The van der Waals surface area contributed by atoms with Crippen molar-refractivity contribution in [2.24, 2.45) is 21.7 Å². The van der Waals surface area contributed by atoms with Crippen molar-refractivity contribution in [2.45, 2.75) is 110 Å². The van der Waals surface area contributed by atoms with Crippen LogP contribution in [0.25, 0.3) is 40.4 Å². The maximum atomic E-state index is 17.4. The molecule has 0 unspecified atom stereocenters. The third-order valence-corrected chi connectivity index (χ3v) is 21.6. The zero-order valence-electron chi connectivity index (χ0n) is 44.1. The van der Waals surface area contributed by atoms with Gasteiger partial charge in [-0.1, -0.05) is 55.4 Å². The summed E-state index contributed by atoms with van der Waals surface area (Å²) >= 11 is 5.76. The summed E-state index contributed by atoms with van der Waals surface area (Å²) in [5.74, 6) is -25.6. The molecule has 6 aromatic rings. The minimum atomic E-state index is -5.96. The lowest BCUT2D eigenvalue weighted by atomic mass is 9.93. The Morgan fingerprint density at radius 2 is 0.709 bits per heavy atom. The third kappa shape index (κ3) is 10.4. The topological polar surface area (TPSA) is 155 Å². The summed E-state index contributed by atoms with van der Waals surface area (Å²) < 4.78 is 149. The Labute approximate surface area is 475 Å². The van der Waals surface area contributed by atoms with E-state index in [1.807, 2.05) is 55.4 Å². The molecule has 24 heteroatoms. The van der Waals surface area contributed by atoms with E-state index in [1.54, 1.807) is 24.3 Å². The molecule has 0 bridgehead atoms. The fraction of sp³-hybridized carbons (Fsp3) is 0.527. The molecule has 0 radical (unpaired) electrons. The molecule has 0 saturated carbocycles. The second-order valence-electron chi connectivity index (χ2n) is 23.8. The molecular formula is C55H58F6O12S6. The molecular weight excluding hydrogens is 1160 g/mol. The second kappa shape index (κ2) is 19.6. The lowest BCUT2D eigenvalue weighted by Crippen LogP contribution is -2.48. The average molecular weight is 1220 g/mol. The van der Waals surface area contributed by atoms with Gasteiger partial charge in [0.15, 0.2) is 0 Å². The van der Waals surface area contributed by atoms with Crippen molar-refractivity contribution in [3.05, 3.63) is 101 Å². The number of aryl methyl sites for hydroxylation is 2. The highest BCUT2D eigenvalue weighted by Gasteiger charge is 2.80. The molecule has 10 heterocycles. The Hall–Kier alpha value is -2.96. The standard InChI is InChI=1S/C55H58F6O12S6/c1-45(2)21-66-51(62,67-22-45)38-15-10-29(74-38)9-11-32-30(19-36(75-32)33-12-16-39(76-33)52(63)68-23-46(3,4)24-69-52)42-43(50(58,59)55(60,61)49(42,56)57)31-20-37(34-13-17-40(77-34)53(64)70-25-47(5,6)26-71-53)79-44(31)35-14-18-41(78-35)54(65)72-27-48(7,8)28-73-54/h10,12-20,62-65H,9,11,21-28H2,1-8H3. The Kier molecular flexibility index (Phi) is 14.3. The van der Waals surface area contributed by atoms with Gasteiger partial charge >= 0.3 is 41.7 Å². The van der Waals surface area contributed by atoms with Gasteiger partial charge in [0.25, 0.3) is 0 Å². The van der Waals surface area contributed by atoms with E-state index in [9.17, 15) is 20.4 Å². The van der Waals surface area contributed by atoms with Crippen LogP contribution in [0.2, 0.25) is 0 Å². The number of hydrogen-bond donors (Lipinski definition) is 4. The molecule has 0 spiro atoms. The van der Waals surface area contributed by atoms with Gasteiger partial charge in [0.2, 0.25) is 0 Å². The van der Waals surface area contributed by atoms with E-state index >= 15 is 26.3 Å². The fourth-order valence-electron chi connectivity index (χ4n) is 9.34. The highest BCUT2D eigenvalue weighted by molar-refractivity contribution is 7.27. The van der Waals surface area contributed by atoms with Crippen LogP contribution in [-0.4, -0.2) is 91.0 Å². The summed E-state index contributed by atoms with van der Waals surface area (Å²) in [6.45, 7) is 16.1. The number of hydrogen-bond acceptors (Lipinski definition) is 18. The molecule has 79 heavy (non-hydrogen) atoms. The first kappa shape index (κ1) is 57.8. The summed E-state index contributed by atoms with van der Waals surface area (Å²) in [7, 11) is 0. The van der Waals surface area contributed by atoms with Gasteiger partial charge in [0.1, 0.15) is 0 Å². The minimum absolute atomic E-state index is 0.0655. The van der Waals surface area contributed by atoms with Crippen LogP contribution in [0.3, 0.4) is 0 Å². The number of allylic oxidation sites excluding steroid dienone is 2. The Morgan fingerprint density at radius 1 is 0.380 bits per heavy atom. The van der Waals surface area contributed by atoms with E-state index in [-0.39, 0.29) is 110 Å². The van der Waals surface area contributed by atoms with E-state index in [2.05, 4.69) is 0 Å². The summed E-state index contributed by atoms with van der Waals surface area (Å²) in [4.78, 5) is 2.65. The summed E-state index contributed by atoms with van der Waals surface area (Å²) in [5.41, 5.74) is -6.04. The van der Waals surface area contributed by atoms with Gasteiger partial charge in [-0.05, 0) is 79.1 Å². The predicted molar refractivity (Wildman–Crippen MR) is 290 cm³/mol. The molecule has 0 aromatic carbocycles. The number of aliphatic hydroxyl groups is 4. The van der Waals surface area contributed by atoms with Crippen LogP contribution >= 0.6 is 68.0 Å². The van der Waals surface area contributed by atoms with Gasteiger partial charge in [0.05, 0.1) is 77.2 Å². The quantitative estimate of drug-likeness (QED) is 0.0862. The van der Waals surface area contributed by atoms with Gasteiger partial charge in [-0.3, -0.25) is 0 Å². The smallest absolute Gasteiger partial charge is 0.339 e. The molecule has 4 saturated heterocycles. The highest BCUT2D eigenvalue weighted by atomic mass is 32.1. The van der Waals surface area contributed by atoms with Crippen LogP contribution in [0.5, 0.6) is 0 Å². The van der Waals surface area contributed by atoms with Crippen LogP contribution < -0.4 is 0 Å². The van der Waals surface area contributed by atoms with Crippen molar-refractivity contribution in [3.8, 4) is 29.3 Å². The number of ether oxygens (including phenoxy) is 8. The molecule has 5 aliphatic rings. The Bertz CT molecular complexity index is 3280. The minimum Gasteiger partial charge on any atom is -0.339 e. The van der Waals surface area contributed by atoms with Crippen LogP contribution in [0.15, 0.2) is 60.7 Å². The Morgan fingerprint density at radius 3 is 1.13 bits per heavy atom. The molecule has 4 aliphatic heterocycles. The monoisotopic (exact) mass is 1220 g/mol. The lowest BCUT2D eigenvalue weighted by molar-refractivity contribution is -0.411. The summed E-state index contributed by atoms with van der Waals surface area (Å²) in [6.07, 6.45) is -0.0324. The van der Waals surface area contributed by atoms with E-state index in [0.717, 1.165) is 68.0 Å². The molecule has 6 aromatic heterocycles. The van der Waals surface area contributed by atoms with Crippen LogP contribution in [0.1, 0.15) is 95.8 Å². The maximum Gasteiger partial charge on any atom is 0.380 e. The van der Waals surface area contributed by atoms with E-state index < -0.39 is 80.2 Å². The van der Waals surface area contributed by atoms with E-state index in [0.29, 0.717) is 19.5 Å². The van der Waals surface area contributed by atoms with Crippen molar-refractivity contribution in [1.82, 2.24) is 0 Å². The number of thiophene rings is 6. The normalized spacial score (nSPS) is 24.9. The molecule has 12 nitrogen and oxygen atoms in total. The maximum absolute atomic E-state index is 17.4. The van der Waals surface area contributed by atoms with E-state index in [4.69, 9.17) is 37.9 Å².